The first kappa shape index (κ1) is 20.7. The Balaban J connectivity index is 5.32. The first-order valence-electron chi connectivity index (χ1n) is 7.03. The predicted molar refractivity (Wildman–Crippen MR) is 103 cm³/mol. The minimum Gasteiger partial charge on any atom is -0.412 e. The van der Waals surface area contributed by atoms with Crippen LogP contribution in [-0.2, 0) is 12.7 Å². The Morgan fingerprint density at radius 3 is 1.75 bits per heavy atom. The van der Waals surface area contributed by atoms with E-state index < -0.39 is 25.4 Å². The van der Waals surface area contributed by atoms with Gasteiger partial charge in [0, 0.05) is 12.7 Å². The Labute approximate surface area is 141 Å². The van der Waals surface area contributed by atoms with Crippen LogP contribution in [0.2, 0.25) is 32.2 Å². The van der Waals surface area contributed by atoms with E-state index in [9.17, 15) is 0 Å². The highest BCUT2D eigenvalue weighted by atomic mass is 127. The second-order valence-electron chi connectivity index (χ2n) is 5.73. The molecule has 0 atom stereocenters. The van der Waals surface area contributed by atoms with Crippen LogP contribution in [0.1, 0.15) is 13.3 Å². The lowest BCUT2D eigenvalue weighted by molar-refractivity contribution is 0.170. The average Bonchev–Trinajstić information content (AvgIpc) is 2.36. The van der Waals surface area contributed by atoms with Crippen LogP contribution in [0.4, 0.5) is 0 Å². The van der Waals surface area contributed by atoms with Gasteiger partial charge < -0.3 is 12.7 Å². The summed E-state index contributed by atoms with van der Waals surface area (Å²) in [5, 5.41) is 0. The van der Waals surface area contributed by atoms with Gasteiger partial charge >= 0.3 is 8.80 Å². The lowest BCUT2D eigenvalue weighted by atomic mass is 10.6. The van der Waals surface area contributed by atoms with Gasteiger partial charge in [-0.15, -0.1) is 13.2 Å². The first-order chi connectivity index (χ1) is 9.16. The molecule has 0 fully saturated rings. The van der Waals surface area contributed by atoms with Gasteiger partial charge in [-0.3, -0.25) is 0 Å². The molecule has 0 aliphatic carbocycles. The van der Waals surface area contributed by atoms with E-state index in [-0.39, 0.29) is 0 Å². The highest BCUT2D eigenvalue weighted by Crippen LogP contribution is 2.27. The maximum Gasteiger partial charge on any atom is 0.480 e. The van der Waals surface area contributed by atoms with Crippen molar-refractivity contribution in [2.75, 3.05) is 11.0 Å². The van der Waals surface area contributed by atoms with Gasteiger partial charge in [0.05, 0.1) is 0 Å². The molecule has 0 unspecified atom stereocenters. The fraction of sp³-hybridized carbons (Fsp3) is 0.692. The van der Waals surface area contributed by atoms with Crippen molar-refractivity contribution in [1.82, 2.24) is 0 Å². The molecule has 0 rings (SSSR count). The zero-order valence-corrected chi connectivity index (χ0v) is 18.7. The first-order valence-corrected chi connectivity index (χ1v) is 16.5. The highest BCUT2D eigenvalue weighted by Gasteiger charge is 2.47. The third-order valence-corrected chi connectivity index (χ3v) is 13.9. The Kier molecular flexibility index (Phi) is 9.34. The SMILES string of the molecule is C=C[Si](C)(C)O[Si](CCCI)(OCC)O[Si](C)(C)C=C. The smallest absolute Gasteiger partial charge is 0.412 e. The van der Waals surface area contributed by atoms with Gasteiger partial charge in [-0.2, -0.15) is 0 Å². The van der Waals surface area contributed by atoms with Gasteiger partial charge in [-0.25, -0.2) is 0 Å². The summed E-state index contributed by atoms with van der Waals surface area (Å²) in [7, 11) is -6.56. The molecule has 7 heteroatoms. The predicted octanol–water partition coefficient (Wildman–Crippen LogP) is 4.68. The summed E-state index contributed by atoms with van der Waals surface area (Å²) in [4.78, 5) is 0. The molecule has 0 saturated heterocycles. The highest BCUT2D eigenvalue weighted by molar-refractivity contribution is 14.1. The minimum absolute atomic E-state index is 0.622. The van der Waals surface area contributed by atoms with Crippen molar-refractivity contribution in [3.8, 4) is 0 Å². The molecule has 0 aromatic rings. The molecule has 0 aromatic carbocycles. The molecule has 0 aliphatic rings. The van der Waals surface area contributed by atoms with Crippen molar-refractivity contribution < 1.29 is 12.7 Å². The number of hydrogen-bond donors (Lipinski definition) is 0. The zero-order valence-electron chi connectivity index (χ0n) is 13.5. The summed E-state index contributed by atoms with van der Waals surface area (Å²) >= 11 is 2.39. The molecule has 0 radical (unpaired) electrons. The van der Waals surface area contributed by atoms with E-state index in [4.69, 9.17) is 12.7 Å². The fourth-order valence-corrected chi connectivity index (χ4v) is 12.8. The third-order valence-electron chi connectivity index (χ3n) is 2.80. The van der Waals surface area contributed by atoms with Crippen LogP contribution in [0.3, 0.4) is 0 Å². The van der Waals surface area contributed by atoms with Crippen LogP contribution in [0, 0.1) is 0 Å². The maximum atomic E-state index is 6.45. The summed E-state index contributed by atoms with van der Waals surface area (Å²) in [6.45, 7) is 19.0. The van der Waals surface area contributed by atoms with Crippen molar-refractivity contribution >= 4 is 48.0 Å². The normalized spacial score (nSPS) is 13.3. The summed E-state index contributed by atoms with van der Waals surface area (Å²) in [6, 6.07) is 0.873. The fourth-order valence-electron chi connectivity index (χ4n) is 1.64. The molecular weight excluding hydrogens is 415 g/mol. The second kappa shape index (κ2) is 9.01. The summed E-state index contributed by atoms with van der Waals surface area (Å²) in [6.07, 6.45) is 1.05. The van der Waals surface area contributed by atoms with E-state index in [1.54, 1.807) is 0 Å². The number of halogens is 1. The third kappa shape index (κ3) is 7.66. The topological polar surface area (TPSA) is 27.7 Å². The maximum absolute atomic E-state index is 6.45. The van der Waals surface area contributed by atoms with Crippen molar-refractivity contribution in [3.63, 3.8) is 0 Å². The van der Waals surface area contributed by atoms with Gasteiger partial charge in [-0.1, -0.05) is 34.0 Å². The summed E-state index contributed by atoms with van der Waals surface area (Å²) in [5.74, 6) is 0. The molecule has 0 heterocycles. The molecule has 0 saturated carbocycles. The summed E-state index contributed by atoms with van der Waals surface area (Å²) in [5.41, 5.74) is 3.90. The molecule has 0 N–H and O–H groups in total. The molecular formula is C13H29IO3Si3. The lowest BCUT2D eigenvalue weighted by Gasteiger charge is -2.39. The molecule has 118 valence electrons. The number of alkyl halides is 1. The molecule has 0 aliphatic heterocycles. The van der Waals surface area contributed by atoms with Gasteiger partial charge in [0.15, 0.2) is 0 Å². The standard InChI is InChI=1S/C13H29IO3Si3/c1-8-15-20(13-11-12-14,16-18(4,5)9-2)17-19(6,7)10-3/h9-10H,2-3,8,11-13H2,1,4-7H3. The van der Waals surface area contributed by atoms with Crippen LogP contribution in [0.25, 0.3) is 0 Å². The van der Waals surface area contributed by atoms with Gasteiger partial charge in [0.25, 0.3) is 0 Å². The Bertz CT molecular complexity index is 300. The van der Waals surface area contributed by atoms with E-state index in [0.29, 0.717) is 6.61 Å². The van der Waals surface area contributed by atoms with Crippen LogP contribution >= 0.6 is 22.6 Å². The Morgan fingerprint density at radius 2 is 1.45 bits per heavy atom. The Morgan fingerprint density at radius 1 is 1.00 bits per heavy atom. The van der Waals surface area contributed by atoms with E-state index in [0.717, 1.165) is 16.9 Å². The summed E-state index contributed by atoms with van der Waals surface area (Å²) < 4.78 is 20.1. The molecule has 0 bridgehead atoms. The Hall–Kier alpha value is 0.741. The van der Waals surface area contributed by atoms with E-state index in [1.807, 2.05) is 18.3 Å². The van der Waals surface area contributed by atoms with Crippen LogP contribution < -0.4 is 0 Å². The van der Waals surface area contributed by atoms with Crippen molar-refractivity contribution in [3.05, 3.63) is 24.6 Å². The molecule has 0 aromatic heterocycles. The van der Waals surface area contributed by atoms with Crippen LogP contribution in [0.5, 0.6) is 0 Å². The molecule has 20 heavy (non-hydrogen) atoms. The van der Waals surface area contributed by atoms with Crippen molar-refractivity contribution in [1.29, 1.82) is 0 Å². The van der Waals surface area contributed by atoms with Crippen LogP contribution in [-0.4, -0.2) is 36.5 Å². The van der Waals surface area contributed by atoms with Gasteiger partial charge in [0.2, 0.25) is 16.6 Å². The minimum atomic E-state index is -2.65. The molecule has 0 amide bonds. The molecule has 0 spiro atoms. The lowest BCUT2D eigenvalue weighted by Crippen LogP contribution is -2.57. The van der Waals surface area contributed by atoms with Gasteiger partial charge in [0.1, 0.15) is 0 Å². The number of rotatable bonds is 11. The van der Waals surface area contributed by atoms with Crippen LogP contribution in [0.15, 0.2) is 24.6 Å². The van der Waals surface area contributed by atoms with E-state index in [2.05, 4.69) is 61.9 Å². The quantitative estimate of drug-likeness (QED) is 0.263. The van der Waals surface area contributed by atoms with E-state index in [1.165, 1.54) is 0 Å². The second-order valence-corrected chi connectivity index (χ2v) is 17.8. The zero-order chi connectivity index (χ0) is 15.9. The van der Waals surface area contributed by atoms with Gasteiger partial charge in [-0.05, 0) is 44.0 Å². The largest absolute Gasteiger partial charge is 0.480 e. The average molecular weight is 445 g/mol. The molecule has 3 nitrogen and oxygen atoms in total. The van der Waals surface area contributed by atoms with Crippen molar-refractivity contribution in [2.45, 2.75) is 45.6 Å². The monoisotopic (exact) mass is 444 g/mol. The van der Waals surface area contributed by atoms with E-state index >= 15 is 0 Å². The number of hydrogen-bond acceptors (Lipinski definition) is 3. The van der Waals surface area contributed by atoms with Crippen molar-refractivity contribution in [2.24, 2.45) is 0 Å².